The molecule has 0 aromatic rings. The van der Waals surface area contributed by atoms with Crippen LogP contribution in [0.3, 0.4) is 0 Å². The number of carbonyl (C=O) groups excluding carboxylic acids is 1. The molecule has 1 heterocycles. The van der Waals surface area contributed by atoms with Gasteiger partial charge in [-0.1, -0.05) is 12.8 Å². The van der Waals surface area contributed by atoms with Crippen LogP contribution in [0.25, 0.3) is 0 Å². The number of nitrogens with zero attached hydrogens (tertiary/aromatic N) is 1. The van der Waals surface area contributed by atoms with E-state index in [-0.39, 0.29) is 11.8 Å². The van der Waals surface area contributed by atoms with Crippen molar-refractivity contribution in [2.24, 2.45) is 5.41 Å². The number of likely N-dealkylation sites (tertiary alicyclic amines) is 1. The predicted molar refractivity (Wildman–Crippen MR) is 62.1 cm³/mol. The molecule has 0 aromatic carbocycles. The zero-order valence-corrected chi connectivity index (χ0v) is 10.1. The topological polar surface area (TPSA) is 20.3 Å². The zero-order chi connectivity index (χ0) is 10.7. The van der Waals surface area contributed by atoms with Gasteiger partial charge in [-0.3, -0.25) is 4.79 Å². The lowest BCUT2D eigenvalue weighted by Crippen LogP contribution is -2.33. The number of alkyl halides is 1. The van der Waals surface area contributed by atoms with Gasteiger partial charge < -0.3 is 4.90 Å². The molecular weight excluding hydrogens is 210 g/mol. The summed E-state index contributed by atoms with van der Waals surface area (Å²) in [5, 5.41) is 0. The highest BCUT2D eigenvalue weighted by Gasteiger charge is 2.35. The fourth-order valence-electron chi connectivity index (χ4n) is 3.21. The Bertz CT molecular complexity index is 236. The highest BCUT2D eigenvalue weighted by Crippen LogP contribution is 2.46. The molecule has 1 saturated carbocycles. The summed E-state index contributed by atoms with van der Waals surface area (Å²) in [6, 6.07) is 0. The molecule has 86 valence electrons. The van der Waals surface area contributed by atoms with E-state index in [0.29, 0.717) is 5.41 Å². The molecule has 0 bridgehead atoms. The Balaban J connectivity index is 1.94. The molecule has 3 heteroatoms. The fraction of sp³-hybridized carbons (Fsp3) is 0.917. The molecule has 1 saturated heterocycles. The molecule has 1 aliphatic heterocycles. The van der Waals surface area contributed by atoms with Crippen molar-refractivity contribution in [3.8, 4) is 0 Å². The Kier molecular flexibility index (Phi) is 3.55. The second kappa shape index (κ2) is 4.73. The third-order valence-electron chi connectivity index (χ3n) is 4.18. The molecule has 0 aromatic heterocycles. The van der Waals surface area contributed by atoms with Crippen LogP contribution in [0.1, 0.15) is 44.9 Å². The van der Waals surface area contributed by atoms with Crippen LogP contribution in [-0.2, 0) is 4.79 Å². The van der Waals surface area contributed by atoms with Crippen LogP contribution in [0.15, 0.2) is 0 Å². The van der Waals surface area contributed by atoms with Crippen LogP contribution >= 0.6 is 11.6 Å². The summed E-state index contributed by atoms with van der Waals surface area (Å²) in [7, 11) is 0. The van der Waals surface area contributed by atoms with Gasteiger partial charge in [-0.05, 0) is 37.5 Å². The van der Waals surface area contributed by atoms with Crippen molar-refractivity contribution in [1.29, 1.82) is 0 Å². The Morgan fingerprint density at radius 1 is 1.07 bits per heavy atom. The predicted octanol–water partition coefficient (Wildman–Crippen LogP) is 2.80. The summed E-state index contributed by atoms with van der Waals surface area (Å²) in [6.07, 6.45) is 9.25. The Morgan fingerprint density at radius 3 is 2.40 bits per heavy atom. The molecule has 2 aliphatic rings. The molecule has 0 radical (unpaired) electrons. The van der Waals surface area contributed by atoms with Crippen LogP contribution in [0.5, 0.6) is 0 Å². The van der Waals surface area contributed by atoms with Gasteiger partial charge in [0, 0.05) is 13.1 Å². The third-order valence-corrected chi connectivity index (χ3v) is 4.41. The fourth-order valence-corrected chi connectivity index (χ4v) is 3.38. The number of rotatable bonds is 1. The van der Waals surface area contributed by atoms with E-state index in [1.807, 2.05) is 4.90 Å². The molecule has 0 unspecified atom stereocenters. The second-order valence-electron chi connectivity index (χ2n) is 5.08. The second-order valence-corrected chi connectivity index (χ2v) is 5.34. The van der Waals surface area contributed by atoms with E-state index >= 15 is 0 Å². The maximum atomic E-state index is 11.5. The van der Waals surface area contributed by atoms with Crippen molar-refractivity contribution in [1.82, 2.24) is 4.90 Å². The highest BCUT2D eigenvalue weighted by atomic mass is 35.5. The number of hydrogen-bond acceptors (Lipinski definition) is 1. The van der Waals surface area contributed by atoms with E-state index in [0.717, 1.165) is 13.1 Å². The van der Waals surface area contributed by atoms with Gasteiger partial charge in [-0.25, -0.2) is 0 Å². The first-order valence-corrected chi connectivity index (χ1v) is 6.63. The average Bonchev–Trinajstić information content (AvgIpc) is 2.60. The molecule has 2 nitrogen and oxygen atoms in total. The van der Waals surface area contributed by atoms with Crippen LogP contribution in [-0.4, -0.2) is 29.8 Å². The molecule has 1 amide bonds. The summed E-state index contributed by atoms with van der Waals surface area (Å²) in [6.45, 7) is 1.86. The van der Waals surface area contributed by atoms with Crippen LogP contribution in [0.2, 0.25) is 0 Å². The summed E-state index contributed by atoms with van der Waals surface area (Å²) < 4.78 is 0. The van der Waals surface area contributed by atoms with Gasteiger partial charge in [0.25, 0.3) is 0 Å². The maximum absolute atomic E-state index is 11.5. The number of halogens is 1. The number of hydrogen-bond donors (Lipinski definition) is 0. The first-order chi connectivity index (χ1) is 7.26. The lowest BCUT2D eigenvalue weighted by atomic mass is 9.79. The lowest BCUT2D eigenvalue weighted by molar-refractivity contribution is -0.128. The van der Waals surface area contributed by atoms with Crippen LogP contribution in [0.4, 0.5) is 0 Å². The van der Waals surface area contributed by atoms with Gasteiger partial charge in [0.1, 0.15) is 5.88 Å². The minimum absolute atomic E-state index is 0.117. The van der Waals surface area contributed by atoms with Gasteiger partial charge in [0.05, 0.1) is 0 Å². The molecule has 2 fully saturated rings. The SMILES string of the molecule is O=C(CCl)N1CCCC2(CCCC2)CC1. The highest BCUT2D eigenvalue weighted by molar-refractivity contribution is 6.27. The van der Waals surface area contributed by atoms with Crippen molar-refractivity contribution in [3.05, 3.63) is 0 Å². The monoisotopic (exact) mass is 229 g/mol. The minimum atomic E-state index is 0.117. The lowest BCUT2D eigenvalue weighted by Gasteiger charge is -2.27. The maximum Gasteiger partial charge on any atom is 0.237 e. The normalized spacial score (nSPS) is 25.5. The largest absolute Gasteiger partial charge is 0.342 e. The van der Waals surface area contributed by atoms with Gasteiger partial charge in [-0.2, -0.15) is 0 Å². The van der Waals surface area contributed by atoms with Crippen molar-refractivity contribution in [2.75, 3.05) is 19.0 Å². The Labute approximate surface area is 97.0 Å². The van der Waals surface area contributed by atoms with E-state index in [1.165, 1.54) is 44.9 Å². The molecular formula is C12H20ClNO. The van der Waals surface area contributed by atoms with E-state index in [1.54, 1.807) is 0 Å². The van der Waals surface area contributed by atoms with Crippen molar-refractivity contribution in [3.63, 3.8) is 0 Å². The Hall–Kier alpha value is -0.240. The van der Waals surface area contributed by atoms with Crippen LogP contribution in [0, 0.1) is 5.41 Å². The van der Waals surface area contributed by atoms with E-state index in [4.69, 9.17) is 11.6 Å². The molecule has 1 aliphatic carbocycles. The van der Waals surface area contributed by atoms with Gasteiger partial charge in [-0.15, -0.1) is 11.6 Å². The van der Waals surface area contributed by atoms with Crippen molar-refractivity contribution >= 4 is 17.5 Å². The zero-order valence-electron chi connectivity index (χ0n) is 9.30. The quantitative estimate of drug-likeness (QED) is 0.634. The smallest absolute Gasteiger partial charge is 0.237 e. The van der Waals surface area contributed by atoms with E-state index in [2.05, 4.69) is 0 Å². The average molecular weight is 230 g/mol. The molecule has 1 spiro atoms. The van der Waals surface area contributed by atoms with Crippen molar-refractivity contribution < 1.29 is 4.79 Å². The van der Waals surface area contributed by atoms with Gasteiger partial charge >= 0.3 is 0 Å². The number of carbonyl (C=O) groups is 1. The van der Waals surface area contributed by atoms with Crippen molar-refractivity contribution in [2.45, 2.75) is 44.9 Å². The standard InChI is InChI=1S/C12H20ClNO/c13-10-11(15)14-8-3-6-12(7-9-14)4-1-2-5-12/h1-10H2. The molecule has 0 N–H and O–H groups in total. The third kappa shape index (κ3) is 2.47. The minimum Gasteiger partial charge on any atom is -0.342 e. The first kappa shape index (κ1) is 11.3. The summed E-state index contributed by atoms with van der Waals surface area (Å²) in [5.74, 6) is 0.263. The van der Waals surface area contributed by atoms with E-state index < -0.39 is 0 Å². The summed E-state index contributed by atoms with van der Waals surface area (Å²) in [4.78, 5) is 13.5. The van der Waals surface area contributed by atoms with E-state index in [9.17, 15) is 4.79 Å². The summed E-state index contributed by atoms with van der Waals surface area (Å²) >= 11 is 5.60. The molecule has 2 rings (SSSR count). The first-order valence-electron chi connectivity index (χ1n) is 6.10. The number of amides is 1. The van der Waals surface area contributed by atoms with Gasteiger partial charge in [0.2, 0.25) is 5.91 Å². The summed E-state index contributed by atoms with van der Waals surface area (Å²) in [5.41, 5.74) is 0.585. The molecule has 0 atom stereocenters. The van der Waals surface area contributed by atoms with Crippen LogP contribution < -0.4 is 0 Å². The van der Waals surface area contributed by atoms with Gasteiger partial charge in [0.15, 0.2) is 0 Å². The molecule has 15 heavy (non-hydrogen) atoms. The Morgan fingerprint density at radius 2 is 1.73 bits per heavy atom.